The normalized spacial score (nSPS) is 14.4. The zero-order valence-corrected chi connectivity index (χ0v) is 7.58. The minimum Gasteiger partial charge on any atom is -0.481 e. The molecule has 1 rings (SSSR count). The summed E-state index contributed by atoms with van der Waals surface area (Å²) in [6.07, 6.45) is 2.53. The molecule has 0 saturated carbocycles. The first kappa shape index (κ1) is 11.9. The van der Waals surface area contributed by atoms with Gasteiger partial charge in [-0.15, -0.1) is 0 Å². The van der Waals surface area contributed by atoms with E-state index in [9.17, 15) is 9.59 Å². The van der Waals surface area contributed by atoms with Crippen molar-refractivity contribution in [1.82, 2.24) is 5.32 Å². The highest BCUT2D eigenvalue weighted by atomic mass is 16.4. The summed E-state index contributed by atoms with van der Waals surface area (Å²) < 4.78 is 0. The van der Waals surface area contributed by atoms with E-state index in [0.29, 0.717) is 13.0 Å². The first-order valence-electron chi connectivity index (χ1n) is 4.35. The van der Waals surface area contributed by atoms with Gasteiger partial charge in [-0.1, -0.05) is 0 Å². The van der Waals surface area contributed by atoms with Crippen LogP contribution in [0, 0.1) is 0 Å². The summed E-state index contributed by atoms with van der Waals surface area (Å²) in [4.78, 5) is 19.8. The predicted molar refractivity (Wildman–Crippen MR) is 48.2 cm³/mol. The van der Waals surface area contributed by atoms with Crippen molar-refractivity contribution in [2.24, 2.45) is 5.73 Å². The maximum atomic E-state index is 10.1. The summed E-state index contributed by atoms with van der Waals surface area (Å²) in [5.74, 6) is -0.569. The van der Waals surface area contributed by atoms with Crippen LogP contribution in [0.3, 0.4) is 0 Å². The van der Waals surface area contributed by atoms with Gasteiger partial charge in [0.25, 0.3) is 0 Å². The van der Waals surface area contributed by atoms with E-state index in [4.69, 9.17) is 10.8 Å². The number of amides is 1. The highest BCUT2D eigenvalue weighted by Gasteiger charge is 2.05. The first-order chi connectivity index (χ1) is 6.16. The molecule has 13 heavy (non-hydrogen) atoms. The van der Waals surface area contributed by atoms with Gasteiger partial charge >= 0.3 is 5.97 Å². The topological polar surface area (TPSA) is 92.4 Å². The average Bonchev–Trinajstić information content (AvgIpc) is 2.53. The number of carbonyl (C=O) groups is 2. The van der Waals surface area contributed by atoms with Gasteiger partial charge in [0.05, 0.1) is 0 Å². The van der Waals surface area contributed by atoms with Crippen LogP contribution in [0.1, 0.15) is 25.7 Å². The molecule has 1 heterocycles. The van der Waals surface area contributed by atoms with Gasteiger partial charge in [-0.05, 0) is 19.4 Å². The van der Waals surface area contributed by atoms with Crippen molar-refractivity contribution < 1.29 is 14.7 Å². The highest BCUT2D eigenvalue weighted by molar-refractivity contribution is 5.77. The molecule has 76 valence electrons. The zero-order valence-electron chi connectivity index (χ0n) is 7.58. The number of rotatable bonds is 3. The number of nitrogens with two attached hydrogens (primary N) is 1. The Morgan fingerprint density at radius 1 is 1.62 bits per heavy atom. The van der Waals surface area contributed by atoms with Crippen LogP contribution in [-0.2, 0) is 9.59 Å². The van der Waals surface area contributed by atoms with Gasteiger partial charge in [0.15, 0.2) is 0 Å². The van der Waals surface area contributed by atoms with Crippen LogP contribution in [0.4, 0.5) is 0 Å². The van der Waals surface area contributed by atoms with E-state index in [0.717, 1.165) is 19.4 Å². The third kappa shape index (κ3) is 8.81. The molecule has 0 unspecified atom stereocenters. The van der Waals surface area contributed by atoms with E-state index in [-0.39, 0.29) is 12.3 Å². The van der Waals surface area contributed by atoms with E-state index in [2.05, 4.69) is 5.32 Å². The van der Waals surface area contributed by atoms with E-state index < -0.39 is 5.97 Å². The molecular formula is C8H16N2O3. The lowest BCUT2D eigenvalue weighted by molar-refractivity contribution is -0.137. The Labute approximate surface area is 77.3 Å². The molecule has 0 atom stereocenters. The Bertz CT molecular complexity index is 163. The fourth-order valence-corrected chi connectivity index (χ4v) is 0.818. The lowest BCUT2D eigenvalue weighted by Crippen LogP contribution is -2.12. The highest BCUT2D eigenvalue weighted by Crippen LogP contribution is 1.93. The SMILES string of the molecule is NCCCC(=O)O.O=C1CCCN1. The van der Waals surface area contributed by atoms with Crippen molar-refractivity contribution in [3.63, 3.8) is 0 Å². The molecule has 1 aliphatic rings. The van der Waals surface area contributed by atoms with Gasteiger partial charge in [-0.25, -0.2) is 0 Å². The monoisotopic (exact) mass is 188 g/mol. The molecule has 0 radical (unpaired) electrons. The number of carboxylic acid groups (broad SMARTS) is 1. The minimum atomic E-state index is -0.773. The second-order valence-corrected chi connectivity index (χ2v) is 2.74. The van der Waals surface area contributed by atoms with E-state index in [1.807, 2.05) is 0 Å². The smallest absolute Gasteiger partial charge is 0.303 e. The lowest BCUT2D eigenvalue weighted by atomic mass is 10.3. The Kier molecular flexibility index (Phi) is 6.91. The number of nitrogens with one attached hydrogen (secondary N) is 1. The fourth-order valence-electron chi connectivity index (χ4n) is 0.818. The molecule has 4 N–H and O–H groups in total. The standard InChI is InChI=1S/C4H9NO2.C4H7NO/c5-3-1-2-4(6)7;6-4-2-1-3-5-4/h1-3,5H2,(H,6,7);1-3H2,(H,5,6). The molecule has 1 saturated heterocycles. The number of carboxylic acids is 1. The Morgan fingerprint density at radius 2 is 2.31 bits per heavy atom. The quantitative estimate of drug-likeness (QED) is 0.567. The van der Waals surface area contributed by atoms with E-state index in [1.165, 1.54) is 0 Å². The Morgan fingerprint density at radius 3 is 2.46 bits per heavy atom. The molecule has 5 heteroatoms. The Balaban J connectivity index is 0.000000223. The van der Waals surface area contributed by atoms with Gasteiger partial charge < -0.3 is 16.2 Å². The van der Waals surface area contributed by atoms with Crippen LogP contribution >= 0.6 is 0 Å². The fraction of sp³-hybridized carbons (Fsp3) is 0.750. The summed E-state index contributed by atoms with van der Waals surface area (Å²) in [5, 5.41) is 10.7. The number of hydrogen-bond donors (Lipinski definition) is 3. The van der Waals surface area contributed by atoms with Crippen molar-refractivity contribution in [1.29, 1.82) is 0 Å². The summed E-state index contributed by atoms with van der Waals surface area (Å²) in [6, 6.07) is 0. The maximum Gasteiger partial charge on any atom is 0.303 e. The molecule has 0 aromatic carbocycles. The lowest BCUT2D eigenvalue weighted by Gasteiger charge is -1.86. The van der Waals surface area contributed by atoms with Gasteiger partial charge in [0.2, 0.25) is 5.91 Å². The maximum absolute atomic E-state index is 10.1. The first-order valence-corrected chi connectivity index (χ1v) is 4.35. The van der Waals surface area contributed by atoms with Crippen LogP contribution in [0.5, 0.6) is 0 Å². The van der Waals surface area contributed by atoms with Crippen molar-refractivity contribution in [2.45, 2.75) is 25.7 Å². The molecule has 5 nitrogen and oxygen atoms in total. The molecular weight excluding hydrogens is 172 g/mol. The second kappa shape index (κ2) is 7.54. The van der Waals surface area contributed by atoms with Crippen LogP contribution < -0.4 is 11.1 Å². The van der Waals surface area contributed by atoms with Crippen molar-refractivity contribution in [3.8, 4) is 0 Å². The second-order valence-electron chi connectivity index (χ2n) is 2.74. The van der Waals surface area contributed by atoms with Gasteiger partial charge in [0, 0.05) is 19.4 Å². The van der Waals surface area contributed by atoms with Gasteiger partial charge in [-0.2, -0.15) is 0 Å². The number of aliphatic carboxylic acids is 1. The minimum absolute atomic E-state index is 0.191. The summed E-state index contributed by atoms with van der Waals surface area (Å²) in [5.41, 5.74) is 5.01. The van der Waals surface area contributed by atoms with Crippen LogP contribution in [0.25, 0.3) is 0 Å². The van der Waals surface area contributed by atoms with Crippen molar-refractivity contribution in [3.05, 3.63) is 0 Å². The van der Waals surface area contributed by atoms with Crippen molar-refractivity contribution >= 4 is 11.9 Å². The average molecular weight is 188 g/mol. The summed E-state index contributed by atoms with van der Waals surface area (Å²) in [6.45, 7) is 1.35. The molecule has 0 spiro atoms. The van der Waals surface area contributed by atoms with Gasteiger partial charge in [0.1, 0.15) is 0 Å². The predicted octanol–water partition coefficient (Wildman–Crippen LogP) is -0.294. The molecule has 0 aromatic heterocycles. The third-order valence-corrected chi connectivity index (χ3v) is 1.50. The zero-order chi connectivity index (χ0) is 10.1. The molecule has 1 aliphatic heterocycles. The van der Waals surface area contributed by atoms with Crippen LogP contribution in [-0.4, -0.2) is 30.1 Å². The number of carbonyl (C=O) groups excluding carboxylic acids is 1. The number of hydrogen-bond acceptors (Lipinski definition) is 3. The van der Waals surface area contributed by atoms with Crippen LogP contribution in [0.2, 0.25) is 0 Å². The van der Waals surface area contributed by atoms with Gasteiger partial charge in [-0.3, -0.25) is 9.59 Å². The van der Waals surface area contributed by atoms with E-state index >= 15 is 0 Å². The molecule has 1 amide bonds. The Hall–Kier alpha value is -1.10. The molecule has 0 aliphatic carbocycles. The third-order valence-electron chi connectivity index (χ3n) is 1.50. The largest absolute Gasteiger partial charge is 0.481 e. The van der Waals surface area contributed by atoms with E-state index in [1.54, 1.807) is 0 Å². The molecule has 0 bridgehead atoms. The van der Waals surface area contributed by atoms with Crippen molar-refractivity contribution in [2.75, 3.05) is 13.1 Å². The summed E-state index contributed by atoms with van der Waals surface area (Å²) in [7, 11) is 0. The molecule has 1 fully saturated rings. The molecule has 0 aromatic rings. The summed E-state index contributed by atoms with van der Waals surface area (Å²) >= 11 is 0. The van der Waals surface area contributed by atoms with Crippen LogP contribution in [0.15, 0.2) is 0 Å².